The van der Waals surface area contributed by atoms with Gasteiger partial charge in [-0.1, -0.05) is 30.3 Å². The first-order valence-electron chi connectivity index (χ1n) is 9.51. The van der Waals surface area contributed by atoms with Gasteiger partial charge in [0.25, 0.3) is 0 Å². The topological polar surface area (TPSA) is 73.3 Å². The fourth-order valence-corrected chi connectivity index (χ4v) is 5.73. The fraction of sp³-hybridized carbons (Fsp3) is 0.400. The number of hydrogen-bond acceptors (Lipinski definition) is 6. The van der Waals surface area contributed by atoms with Gasteiger partial charge in [0.1, 0.15) is 5.76 Å². The van der Waals surface area contributed by atoms with Gasteiger partial charge < -0.3 is 8.98 Å². The molecule has 154 valence electrons. The van der Waals surface area contributed by atoms with Gasteiger partial charge >= 0.3 is 0 Å². The van der Waals surface area contributed by atoms with Crippen molar-refractivity contribution in [2.75, 3.05) is 11.5 Å². The predicted octanol–water partition coefficient (Wildman–Crippen LogP) is 3.17. The monoisotopic (exact) mass is 432 g/mol. The summed E-state index contributed by atoms with van der Waals surface area (Å²) in [7, 11) is -1.11. The molecule has 0 spiro atoms. The molecule has 1 saturated heterocycles. The summed E-state index contributed by atoms with van der Waals surface area (Å²) in [6.07, 6.45) is 2.26. The van der Waals surface area contributed by atoms with E-state index in [4.69, 9.17) is 21.7 Å². The lowest BCUT2D eigenvalue weighted by Gasteiger charge is -2.27. The highest BCUT2D eigenvalue weighted by Crippen LogP contribution is 2.24. The summed E-state index contributed by atoms with van der Waals surface area (Å²) in [6, 6.07) is 11.9. The molecule has 4 rings (SSSR count). The zero-order valence-electron chi connectivity index (χ0n) is 16.5. The summed E-state index contributed by atoms with van der Waals surface area (Å²) in [5.74, 6) is 1.92. The maximum Gasteiger partial charge on any atom is 0.199 e. The van der Waals surface area contributed by atoms with Gasteiger partial charge in [-0.2, -0.15) is 5.10 Å². The minimum absolute atomic E-state index is 0.0526. The molecule has 1 atom stereocenters. The van der Waals surface area contributed by atoms with Crippen LogP contribution in [0.1, 0.15) is 17.7 Å². The number of furan rings is 1. The van der Waals surface area contributed by atoms with Crippen molar-refractivity contribution >= 4 is 22.1 Å². The lowest BCUT2D eigenvalue weighted by molar-refractivity contribution is 0.146. The molecule has 1 aromatic carbocycles. The Labute approximate surface area is 175 Å². The van der Waals surface area contributed by atoms with Crippen molar-refractivity contribution in [3.63, 3.8) is 0 Å². The second-order valence-electron chi connectivity index (χ2n) is 7.49. The lowest BCUT2D eigenvalue weighted by Crippen LogP contribution is -2.37. The molecule has 0 bridgehead atoms. The standard InChI is InChI=1S/C20H24N4O3S2/c1-15-18(8-10-27-15)19-21-24(20(28)22(19)2)14-23(12-16-6-4-3-5-7-16)17-9-11-29(25,26)13-17/h3-8,10,17H,9,11-14H2,1-2H3. The third-order valence-corrected chi connectivity index (χ3v) is 7.64. The number of aryl methyl sites for hydroxylation is 1. The van der Waals surface area contributed by atoms with Crippen LogP contribution in [-0.2, 0) is 30.1 Å². The first-order valence-corrected chi connectivity index (χ1v) is 11.7. The minimum atomic E-state index is -2.99. The highest BCUT2D eigenvalue weighted by Gasteiger charge is 2.33. The Hall–Kier alpha value is -2.23. The van der Waals surface area contributed by atoms with Crippen LogP contribution in [0, 0.1) is 11.7 Å². The van der Waals surface area contributed by atoms with Crippen molar-refractivity contribution in [3.05, 3.63) is 58.8 Å². The first kappa shape index (κ1) is 20.1. The molecule has 1 unspecified atom stereocenters. The summed E-state index contributed by atoms with van der Waals surface area (Å²) in [6.45, 7) is 2.96. The van der Waals surface area contributed by atoms with Crippen molar-refractivity contribution in [2.24, 2.45) is 7.05 Å². The summed E-state index contributed by atoms with van der Waals surface area (Å²) >= 11 is 5.62. The van der Waals surface area contributed by atoms with Crippen LogP contribution in [0.25, 0.3) is 11.4 Å². The van der Waals surface area contributed by atoms with E-state index >= 15 is 0 Å². The van der Waals surface area contributed by atoms with Gasteiger partial charge in [0.05, 0.1) is 30.0 Å². The average Bonchev–Trinajstić information content (AvgIpc) is 3.35. The van der Waals surface area contributed by atoms with Gasteiger partial charge in [-0.05, 0) is 37.2 Å². The quantitative estimate of drug-likeness (QED) is 0.557. The number of nitrogens with zero attached hydrogens (tertiary/aromatic N) is 4. The Morgan fingerprint density at radius 3 is 2.66 bits per heavy atom. The van der Waals surface area contributed by atoms with E-state index < -0.39 is 9.84 Å². The number of hydrogen-bond donors (Lipinski definition) is 0. The summed E-state index contributed by atoms with van der Waals surface area (Å²) in [4.78, 5) is 2.16. The Balaban J connectivity index is 1.66. The van der Waals surface area contributed by atoms with Gasteiger partial charge in [0, 0.05) is 19.6 Å². The molecule has 0 N–H and O–H groups in total. The highest BCUT2D eigenvalue weighted by atomic mass is 32.2. The minimum Gasteiger partial charge on any atom is -0.469 e. The fourth-order valence-electron chi connectivity index (χ4n) is 3.78. The van der Waals surface area contributed by atoms with E-state index in [2.05, 4.69) is 17.0 Å². The van der Waals surface area contributed by atoms with Crippen LogP contribution in [-0.4, -0.2) is 45.2 Å². The molecule has 1 aliphatic rings. The predicted molar refractivity (Wildman–Crippen MR) is 114 cm³/mol. The number of sulfone groups is 1. The SMILES string of the molecule is Cc1occc1-c1nn(CN(Cc2ccccc2)C2CCS(=O)(=O)C2)c(=S)n1C. The number of aromatic nitrogens is 3. The van der Waals surface area contributed by atoms with Gasteiger partial charge in [-0.25, -0.2) is 13.1 Å². The van der Waals surface area contributed by atoms with E-state index in [9.17, 15) is 8.42 Å². The zero-order valence-corrected chi connectivity index (χ0v) is 18.1. The number of rotatable bonds is 6. The maximum atomic E-state index is 12.1. The average molecular weight is 433 g/mol. The molecule has 1 fully saturated rings. The van der Waals surface area contributed by atoms with Crippen molar-refractivity contribution < 1.29 is 12.8 Å². The molecule has 0 radical (unpaired) electrons. The molecule has 0 saturated carbocycles. The Morgan fingerprint density at radius 2 is 2.03 bits per heavy atom. The summed E-state index contributed by atoms with van der Waals surface area (Å²) in [5.41, 5.74) is 2.03. The molecular weight excluding hydrogens is 408 g/mol. The van der Waals surface area contributed by atoms with E-state index in [-0.39, 0.29) is 17.5 Å². The molecule has 2 aromatic heterocycles. The van der Waals surface area contributed by atoms with Crippen molar-refractivity contribution in [3.8, 4) is 11.4 Å². The Kier molecular flexibility index (Phi) is 5.46. The smallest absolute Gasteiger partial charge is 0.199 e. The van der Waals surface area contributed by atoms with Crippen molar-refractivity contribution in [2.45, 2.75) is 32.6 Å². The van der Waals surface area contributed by atoms with Crippen LogP contribution < -0.4 is 0 Å². The summed E-state index contributed by atoms with van der Waals surface area (Å²) < 4.78 is 33.8. The van der Waals surface area contributed by atoms with Gasteiger partial charge in [0.15, 0.2) is 20.4 Å². The third-order valence-electron chi connectivity index (χ3n) is 5.41. The molecule has 3 aromatic rings. The van der Waals surface area contributed by atoms with Crippen LogP contribution in [0.5, 0.6) is 0 Å². The first-order chi connectivity index (χ1) is 13.8. The van der Waals surface area contributed by atoms with Gasteiger partial charge in [-0.15, -0.1) is 0 Å². The molecule has 0 aliphatic carbocycles. The molecule has 1 aliphatic heterocycles. The van der Waals surface area contributed by atoms with Crippen LogP contribution >= 0.6 is 12.2 Å². The van der Waals surface area contributed by atoms with E-state index in [1.807, 2.05) is 42.8 Å². The third kappa shape index (κ3) is 4.22. The molecule has 7 nitrogen and oxygen atoms in total. The molecule has 3 heterocycles. The Bertz CT molecular complexity index is 1160. The second kappa shape index (κ2) is 7.89. The van der Waals surface area contributed by atoms with E-state index in [0.29, 0.717) is 24.4 Å². The largest absolute Gasteiger partial charge is 0.469 e. The summed E-state index contributed by atoms with van der Waals surface area (Å²) in [5, 5.41) is 4.73. The molecule has 0 amide bonds. The second-order valence-corrected chi connectivity index (χ2v) is 10.1. The van der Waals surface area contributed by atoms with E-state index in [1.54, 1.807) is 10.9 Å². The van der Waals surface area contributed by atoms with Gasteiger partial charge in [-0.3, -0.25) is 4.90 Å². The highest BCUT2D eigenvalue weighted by molar-refractivity contribution is 7.91. The van der Waals surface area contributed by atoms with Crippen LogP contribution in [0.4, 0.5) is 0 Å². The van der Waals surface area contributed by atoms with Crippen LogP contribution in [0.15, 0.2) is 47.1 Å². The number of benzene rings is 1. The van der Waals surface area contributed by atoms with Gasteiger partial charge in [0.2, 0.25) is 0 Å². The van der Waals surface area contributed by atoms with E-state index in [0.717, 1.165) is 22.7 Å². The van der Waals surface area contributed by atoms with E-state index in [1.165, 1.54) is 0 Å². The molecule has 9 heteroatoms. The maximum absolute atomic E-state index is 12.1. The Morgan fingerprint density at radius 1 is 1.28 bits per heavy atom. The molecular formula is C20H24N4O3S2. The lowest BCUT2D eigenvalue weighted by atomic mass is 10.1. The van der Waals surface area contributed by atoms with Crippen molar-refractivity contribution in [1.82, 2.24) is 19.2 Å². The normalized spacial score (nSPS) is 18.5. The van der Waals surface area contributed by atoms with Crippen molar-refractivity contribution in [1.29, 1.82) is 0 Å². The van der Waals surface area contributed by atoms with Crippen LogP contribution in [0.3, 0.4) is 0 Å². The van der Waals surface area contributed by atoms with Crippen LogP contribution in [0.2, 0.25) is 0 Å². The molecule has 29 heavy (non-hydrogen) atoms. The zero-order chi connectivity index (χ0) is 20.6.